The summed E-state index contributed by atoms with van der Waals surface area (Å²) in [5.74, 6) is -0.182. The fraction of sp³-hybridized carbons (Fsp3) is 0.353. The van der Waals surface area contributed by atoms with Gasteiger partial charge in [-0.05, 0) is 54.5 Å². The largest absolute Gasteiger partial charge is 0.347 e. The molecule has 0 aliphatic carbocycles. The molecule has 1 aromatic carbocycles. The van der Waals surface area contributed by atoms with Gasteiger partial charge in [-0.2, -0.15) is 0 Å². The highest BCUT2D eigenvalue weighted by molar-refractivity contribution is 7.17. The predicted molar refractivity (Wildman–Crippen MR) is 94.2 cm³/mol. The second-order valence-corrected chi connectivity index (χ2v) is 7.21. The Bertz CT molecular complexity index is 871. The third-order valence-corrected chi connectivity index (χ3v) is 5.35. The van der Waals surface area contributed by atoms with Crippen LogP contribution in [0.15, 0.2) is 35.8 Å². The van der Waals surface area contributed by atoms with Gasteiger partial charge in [-0.15, -0.1) is 16.4 Å². The van der Waals surface area contributed by atoms with E-state index in [4.69, 9.17) is 0 Å². The van der Waals surface area contributed by atoms with Gasteiger partial charge in [0.1, 0.15) is 0 Å². The lowest BCUT2D eigenvalue weighted by Crippen LogP contribution is -2.23. The molecule has 1 unspecified atom stereocenters. The Morgan fingerprint density at radius 3 is 3.17 bits per heavy atom. The number of rotatable bonds is 4. The van der Waals surface area contributed by atoms with E-state index in [1.54, 1.807) is 17.5 Å². The first-order chi connectivity index (χ1) is 11.7. The van der Waals surface area contributed by atoms with Crippen molar-refractivity contribution in [3.8, 4) is 0 Å². The summed E-state index contributed by atoms with van der Waals surface area (Å²) in [6, 6.07) is 8.65. The summed E-state index contributed by atoms with van der Waals surface area (Å²) < 4.78 is 3.07. The van der Waals surface area contributed by atoms with Crippen molar-refractivity contribution >= 4 is 27.3 Å². The first-order valence-corrected chi connectivity index (χ1v) is 8.92. The Labute approximate surface area is 144 Å². The van der Waals surface area contributed by atoms with Crippen LogP contribution in [-0.4, -0.2) is 45.9 Å². The Kier molecular flexibility index (Phi) is 4.03. The second-order valence-electron chi connectivity index (χ2n) is 6.26. The number of fused-ring (bicyclic) bond motifs is 1. The maximum Gasteiger partial charge on any atom is 0.273 e. The molecule has 3 heterocycles. The van der Waals surface area contributed by atoms with Gasteiger partial charge in [0.25, 0.3) is 5.91 Å². The van der Waals surface area contributed by atoms with Crippen molar-refractivity contribution in [2.45, 2.75) is 19.0 Å². The topological polar surface area (TPSA) is 63.1 Å². The van der Waals surface area contributed by atoms with Crippen LogP contribution in [-0.2, 0) is 6.54 Å². The van der Waals surface area contributed by atoms with E-state index in [1.165, 1.54) is 10.1 Å². The summed E-state index contributed by atoms with van der Waals surface area (Å²) in [6.45, 7) is 2.49. The van der Waals surface area contributed by atoms with Gasteiger partial charge in [0.05, 0.1) is 12.2 Å². The van der Waals surface area contributed by atoms with Gasteiger partial charge >= 0.3 is 0 Å². The van der Waals surface area contributed by atoms with E-state index in [-0.39, 0.29) is 5.91 Å². The van der Waals surface area contributed by atoms with Crippen molar-refractivity contribution in [1.82, 2.24) is 25.2 Å². The number of benzene rings is 1. The third-order valence-electron chi connectivity index (χ3n) is 4.45. The molecule has 1 aliphatic heterocycles. The molecule has 1 amide bonds. The normalized spacial score (nSPS) is 18.3. The number of nitrogens with zero attached hydrogens (tertiary/aromatic N) is 4. The van der Waals surface area contributed by atoms with E-state index in [0.717, 1.165) is 25.1 Å². The molecule has 2 aromatic heterocycles. The quantitative estimate of drug-likeness (QED) is 0.791. The molecule has 1 saturated heterocycles. The number of hydrogen-bond donors (Lipinski definition) is 1. The highest BCUT2D eigenvalue weighted by Gasteiger charge is 2.23. The van der Waals surface area contributed by atoms with Gasteiger partial charge in [0, 0.05) is 17.8 Å². The lowest BCUT2D eigenvalue weighted by atomic mass is 10.1. The Morgan fingerprint density at radius 1 is 1.42 bits per heavy atom. The van der Waals surface area contributed by atoms with E-state index in [9.17, 15) is 4.79 Å². The first-order valence-electron chi connectivity index (χ1n) is 8.04. The zero-order valence-corrected chi connectivity index (χ0v) is 14.3. The molecule has 4 rings (SSSR count). The van der Waals surface area contributed by atoms with Crippen molar-refractivity contribution in [3.63, 3.8) is 0 Å². The number of amides is 1. The highest BCUT2D eigenvalue weighted by Crippen LogP contribution is 2.22. The van der Waals surface area contributed by atoms with Gasteiger partial charge < -0.3 is 10.2 Å². The highest BCUT2D eigenvalue weighted by atomic mass is 32.1. The average Bonchev–Trinajstić information content (AvgIpc) is 3.31. The van der Waals surface area contributed by atoms with E-state index in [2.05, 4.69) is 51.2 Å². The van der Waals surface area contributed by atoms with Crippen LogP contribution in [0.2, 0.25) is 0 Å². The molecule has 0 bridgehead atoms. The van der Waals surface area contributed by atoms with Crippen molar-refractivity contribution in [2.24, 2.45) is 0 Å². The Hall–Kier alpha value is -2.25. The number of thiophene rings is 1. The summed E-state index contributed by atoms with van der Waals surface area (Å²) in [4.78, 5) is 14.5. The van der Waals surface area contributed by atoms with E-state index in [0.29, 0.717) is 18.3 Å². The fourth-order valence-corrected chi connectivity index (χ4v) is 3.86. The molecule has 0 spiro atoms. The lowest BCUT2D eigenvalue weighted by Gasteiger charge is -2.09. The molecule has 3 aromatic rings. The molecule has 124 valence electrons. The van der Waals surface area contributed by atoms with Crippen LogP contribution in [0.4, 0.5) is 0 Å². The minimum Gasteiger partial charge on any atom is -0.347 e. The summed E-state index contributed by atoms with van der Waals surface area (Å²) in [5, 5.41) is 14.4. The summed E-state index contributed by atoms with van der Waals surface area (Å²) in [6.07, 6.45) is 2.79. The van der Waals surface area contributed by atoms with Gasteiger partial charge in [-0.3, -0.25) is 4.79 Å². The monoisotopic (exact) mass is 341 g/mol. The number of aromatic nitrogens is 3. The number of likely N-dealkylation sites (tertiary alicyclic amines) is 1. The molecule has 24 heavy (non-hydrogen) atoms. The first kappa shape index (κ1) is 15.3. The molecular formula is C17H19N5OS. The van der Waals surface area contributed by atoms with Crippen molar-refractivity contribution < 1.29 is 4.79 Å². The average molecular weight is 341 g/mol. The van der Waals surface area contributed by atoms with Crippen LogP contribution < -0.4 is 5.32 Å². The predicted octanol–water partition coefficient (Wildman–Crippen LogP) is 2.30. The van der Waals surface area contributed by atoms with Crippen LogP contribution in [0.3, 0.4) is 0 Å². The molecule has 0 saturated carbocycles. The SMILES string of the molecule is CN1CCC(n2cc(C(=O)NCc3ccc4sccc4c3)nn2)C1. The van der Waals surface area contributed by atoms with E-state index < -0.39 is 0 Å². The van der Waals surface area contributed by atoms with Gasteiger partial charge in [-0.25, -0.2) is 4.68 Å². The second kappa shape index (κ2) is 6.33. The molecule has 1 atom stereocenters. The van der Waals surface area contributed by atoms with Crippen LogP contribution in [0.25, 0.3) is 10.1 Å². The molecule has 1 N–H and O–H groups in total. The zero-order chi connectivity index (χ0) is 16.5. The van der Waals surface area contributed by atoms with E-state index in [1.807, 2.05) is 10.7 Å². The zero-order valence-electron chi connectivity index (χ0n) is 13.5. The minimum atomic E-state index is -0.182. The smallest absolute Gasteiger partial charge is 0.273 e. The Morgan fingerprint density at radius 2 is 2.33 bits per heavy atom. The number of carbonyl (C=O) groups is 1. The molecule has 1 fully saturated rings. The number of likely N-dealkylation sites (N-methyl/N-ethyl adjacent to an activating group) is 1. The fourth-order valence-electron chi connectivity index (χ4n) is 3.09. The Balaban J connectivity index is 1.40. The maximum absolute atomic E-state index is 12.3. The summed E-state index contributed by atoms with van der Waals surface area (Å²) in [5.41, 5.74) is 1.46. The van der Waals surface area contributed by atoms with Crippen LogP contribution in [0.5, 0.6) is 0 Å². The van der Waals surface area contributed by atoms with Crippen LogP contribution >= 0.6 is 11.3 Å². The van der Waals surface area contributed by atoms with Gasteiger partial charge in [-0.1, -0.05) is 11.3 Å². The third kappa shape index (κ3) is 3.05. The molecular weight excluding hydrogens is 322 g/mol. The lowest BCUT2D eigenvalue weighted by molar-refractivity contribution is 0.0946. The van der Waals surface area contributed by atoms with Crippen LogP contribution in [0.1, 0.15) is 28.5 Å². The maximum atomic E-state index is 12.3. The molecule has 1 aliphatic rings. The van der Waals surface area contributed by atoms with Gasteiger partial charge in [0.2, 0.25) is 0 Å². The number of nitrogens with one attached hydrogen (secondary N) is 1. The van der Waals surface area contributed by atoms with Crippen LogP contribution in [0, 0.1) is 0 Å². The minimum absolute atomic E-state index is 0.182. The molecule has 6 nitrogen and oxygen atoms in total. The van der Waals surface area contributed by atoms with E-state index >= 15 is 0 Å². The molecule has 0 radical (unpaired) electrons. The van der Waals surface area contributed by atoms with Crippen molar-refractivity contribution in [3.05, 3.63) is 47.1 Å². The van der Waals surface area contributed by atoms with Crippen molar-refractivity contribution in [2.75, 3.05) is 20.1 Å². The summed E-state index contributed by atoms with van der Waals surface area (Å²) in [7, 11) is 2.09. The summed E-state index contributed by atoms with van der Waals surface area (Å²) >= 11 is 1.72. The standard InChI is InChI=1S/C17H19N5OS/c1-21-6-4-14(10-21)22-11-15(19-20-22)17(23)18-9-12-2-3-16-13(8-12)5-7-24-16/h2-3,5,7-8,11,14H,4,6,9-10H2,1H3,(H,18,23). The van der Waals surface area contributed by atoms with Crippen molar-refractivity contribution in [1.29, 1.82) is 0 Å². The van der Waals surface area contributed by atoms with Gasteiger partial charge in [0.15, 0.2) is 5.69 Å². The number of hydrogen-bond acceptors (Lipinski definition) is 5. The number of carbonyl (C=O) groups excluding carboxylic acids is 1. The molecule has 7 heteroatoms.